The molecule has 0 aromatic rings. The van der Waals surface area contributed by atoms with E-state index in [1.165, 1.54) is 0 Å². The number of allylic oxidation sites excluding steroid dienone is 3. The molecule has 0 amide bonds. The fourth-order valence-electron chi connectivity index (χ4n) is 2.24. The number of nitriles is 1. The van der Waals surface area contributed by atoms with Crippen molar-refractivity contribution in [2.45, 2.75) is 32.1 Å². The largest absolute Gasteiger partial charge is 0.461 e. The minimum absolute atomic E-state index is 0.0416. The standard InChI is InChI=1S/C16H23N3O4/c1-22-9-3-7-18-14-6-2-5-13(11-14)15(12-17)16(20)23-10-4-8-19-21/h11,18H,2-10H2,1H3/b15-13-. The second kappa shape index (κ2) is 11.4. The molecule has 0 saturated heterocycles. The van der Waals surface area contributed by atoms with Crippen LogP contribution in [0.15, 0.2) is 28.1 Å². The van der Waals surface area contributed by atoms with Gasteiger partial charge in [0, 0.05) is 32.4 Å². The molecule has 126 valence electrons. The molecule has 1 aliphatic rings. The Morgan fingerprint density at radius 3 is 2.91 bits per heavy atom. The number of ether oxygens (including phenoxy) is 2. The van der Waals surface area contributed by atoms with Gasteiger partial charge in [-0.15, -0.1) is 0 Å². The third kappa shape index (κ3) is 7.06. The lowest BCUT2D eigenvalue weighted by Gasteiger charge is -2.18. The summed E-state index contributed by atoms with van der Waals surface area (Å²) in [5, 5.41) is 15.2. The Morgan fingerprint density at radius 1 is 1.39 bits per heavy atom. The lowest BCUT2D eigenvalue weighted by molar-refractivity contribution is -0.138. The van der Waals surface area contributed by atoms with E-state index in [0.29, 0.717) is 25.0 Å². The van der Waals surface area contributed by atoms with E-state index in [9.17, 15) is 15.0 Å². The highest BCUT2D eigenvalue weighted by atomic mass is 16.5. The first-order valence-corrected chi connectivity index (χ1v) is 7.75. The molecule has 1 aliphatic carbocycles. The molecule has 0 heterocycles. The Kier molecular flexibility index (Phi) is 9.32. The van der Waals surface area contributed by atoms with Crippen LogP contribution in [0.4, 0.5) is 0 Å². The maximum atomic E-state index is 12.0. The summed E-state index contributed by atoms with van der Waals surface area (Å²) in [6.07, 6.45) is 5.58. The summed E-state index contributed by atoms with van der Waals surface area (Å²) in [5.41, 5.74) is 1.76. The average Bonchev–Trinajstić information content (AvgIpc) is 2.57. The third-order valence-electron chi connectivity index (χ3n) is 3.38. The number of hydrogen-bond donors (Lipinski definition) is 1. The Hall–Kier alpha value is -2.20. The first-order chi connectivity index (χ1) is 11.2. The summed E-state index contributed by atoms with van der Waals surface area (Å²) in [5.74, 6) is -0.634. The van der Waals surface area contributed by atoms with E-state index >= 15 is 0 Å². The molecular formula is C16H23N3O4. The van der Waals surface area contributed by atoms with Gasteiger partial charge in [0.15, 0.2) is 0 Å². The number of carbonyl (C=O) groups excluding carboxylic acids is 1. The predicted octanol–water partition coefficient (Wildman–Crippen LogP) is 2.20. The molecule has 1 rings (SSSR count). The zero-order chi connectivity index (χ0) is 16.9. The van der Waals surface area contributed by atoms with Gasteiger partial charge in [-0.1, -0.05) is 5.18 Å². The van der Waals surface area contributed by atoms with E-state index in [1.807, 2.05) is 12.1 Å². The van der Waals surface area contributed by atoms with E-state index < -0.39 is 5.97 Å². The van der Waals surface area contributed by atoms with Crippen LogP contribution in [0.5, 0.6) is 0 Å². The zero-order valence-corrected chi connectivity index (χ0v) is 13.5. The van der Waals surface area contributed by atoms with Crippen molar-refractivity contribution in [1.29, 1.82) is 5.26 Å². The van der Waals surface area contributed by atoms with E-state index in [-0.39, 0.29) is 18.7 Å². The van der Waals surface area contributed by atoms with Crippen LogP contribution in [-0.2, 0) is 14.3 Å². The smallest absolute Gasteiger partial charge is 0.349 e. The minimum Gasteiger partial charge on any atom is -0.461 e. The number of nitrogens with one attached hydrogen (secondary N) is 1. The van der Waals surface area contributed by atoms with Crippen LogP contribution >= 0.6 is 0 Å². The second-order valence-corrected chi connectivity index (χ2v) is 5.15. The highest BCUT2D eigenvalue weighted by Gasteiger charge is 2.18. The molecule has 23 heavy (non-hydrogen) atoms. The fraction of sp³-hybridized carbons (Fsp3) is 0.625. The van der Waals surface area contributed by atoms with Crippen LogP contribution in [-0.4, -0.2) is 39.4 Å². The average molecular weight is 321 g/mol. The molecule has 0 spiro atoms. The first kappa shape index (κ1) is 18.8. The van der Waals surface area contributed by atoms with Crippen molar-refractivity contribution in [2.75, 3.05) is 33.4 Å². The molecule has 0 saturated carbocycles. The molecule has 0 bridgehead atoms. The van der Waals surface area contributed by atoms with E-state index in [1.54, 1.807) is 7.11 Å². The van der Waals surface area contributed by atoms with Gasteiger partial charge in [0.25, 0.3) is 0 Å². The van der Waals surface area contributed by atoms with Crippen LogP contribution in [0, 0.1) is 16.2 Å². The van der Waals surface area contributed by atoms with E-state index in [0.717, 1.165) is 31.5 Å². The Balaban J connectivity index is 2.65. The molecule has 1 N–H and O–H groups in total. The molecule has 7 heteroatoms. The number of hydrogen-bond acceptors (Lipinski definition) is 7. The number of esters is 1. The van der Waals surface area contributed by atoms with Crippen molar-refractivity contribution >= 4 is 5.97 Å². The van der Waals surface area contributed by atoms with Crippen molar-refractivity contribution in [3.8, 4) is 6.07 Å². The van der Waals surface area contributed by atoms with Gasteiger partial charge in [-0.05, 0) is 37.3 Å². The van der Waals surface area contributed by atoms with Gasteiger partial charge in [0.05, 0.1) is 13.2 Å². The summed E-state index contributed by atoms with van der Waals surface area (Å²) in [6.45, 7) is 1.67. The molecule has 7 nitrogen and oxygen atoms in total. The van der Waals surface area contributed by atoms with Gasteiger partial charge in [-0.3, -0.25) is 0 Å². The predicted molar refractivity (Wildman–Crippen MR) is 85.3 cm³/mol. The molecule has 0 aromatic carbocycles. The minimum atomic E-state index is -0.634. The zero-order valence-electron chi connectivity index (χ0n) is 13.5. The van der Waals surface area contributed by atoms with E-state index in [4.69, 9.17) is 9.47 Å². The topological polar surface area (TPSA) is 101 Å². The highest BCUT2D eigenvalue weighted by molar-refractivity contribution is 5.94. The lowest BCUT2D eigenvalue weighted by atomic mass is 9.95. The van der Waals surface area contributed by atoms with Crippen molar-refractivity contribution in [1.82, 2.24) is 5.32 Å². The van der Waals surface area contributed by atoms with Crippen molar-refractivity contribution in [2.24, 2.45) is 5.18 Å². The summed E-state index contributed by atoms with van der Waals surface area (Å²) in [4.78, 5) is 21.9. The molecule has 0 fully saturated rings. The number of nitroso groups, excluding NO2 is 1. The summed E-state index contributed by atoms with van der Waals surface area (Å²) in [6, 6.07) is 1.94. The first-order valence-electron chi connectivity index (χ1n) is 7.75. The number of rotatable bonds is 10. The molecule has 0 radical (unpaired) electrons. The quantitative estimate of drug-likeness (QED) is 0.218. The Labute approximate surface area is 136 Å². The SMILES string of the molecule is COCCCNC1=C/C(=C(/C#N)C(=O)OCCCN=O)CCC1. The van der Waals surface area contributed by atoms with Gasteiger partial charge < -0.3 is 14.8 Å². The molecular weight excluding hydrogens is 298 g/mol. The van der Waals surface area contributed by atoms with Crippen molar-refractivity contribution in [3.05, 3.63) is 27.8 Å². The van der Waals surface area contributed by atoms with Gasteiger partial charge in [-0.2, -0.15) is 10.2 Å². The van der Waals surface area contributed by atoms with Crippen molar-refractivity contribution in [3.63, 3.8) is 0 Å². The summed E-state index contributed by atoms with van der Waals surface area (Å²) >= 11 is 0. The number of nitrogens with zero attached hydrogens (tertiary/aromatic N) is 2. The summed E-state index contributed by atoms with van der Waals surface area (Å²) < 4.78 is 10.0. The van der Waals surface area contributed by atoms with Crippen LogP contribution in [0.1, 0.15) is 32.1 Å². The van der Waals surface area contributed by atoms with Crippen LogP contribution < -0.4 is 5.32 Å². The third-order valence-corrected chi connectivity index (χ3v) is 3.38. The molecule has 0 atom stereocenters. The summed E-state index contributed by atoms with van der Waals surface area (Å²) in [7, 11) is 1.66. The van der Waals surface area contributed by atoms with Gasteiger partial charge in [0.2, 0.25) is 0 Å². The Morgan fingerprint density at radius 2 is 2.22 bits per heavy atom. The normalized spacial score (nSPS) is 16.1. The van der Waals surface area contributed by atoms with Crippen LogP contribution in [0.25, 0.3) is 0 Å². The molecule has 0 aromatic heterocycles. The second-order valence-electron chi connectivity index (χ2n) is 5.15. The highest BCUT2D eigenvalue weighted by Crippen LogP contribution is 2.24. The number of methoxy groups -OCH3 is 1. The maximum absolute atomic E-state index is 12.0. The Bertz CT molecular complexity index is 506. The van der Waals surface area contributed by atoms with Gasteiger partial charge in [0.1, 0.15) is 11.6 Å². The van der Waals surface area contributed by atoms with Gasteiger partial charge >= 0.3 is 5.97 Å². The molecule has 0 unspecified atom stereocenters. The monoisotopic (exact) mass is 321 g/mol. The lowest BCUT2D eigenvalue weighted by Crippen LogP contribution is -2.19. The van der Waals surface area contributed by atoms with Crippen LogP contribution in [0.2, 0.25) is 0 Å². The molecule has 0 aliphatic heterocycles. The van der Waals surface area contributed by atoms with Crippen molar-refractivity contribution < 1.29 is 14.3 Å². The van der Waals surface area contributed by atoms with E-state index in [2.05, 4.69) is 10.5 Å². The van der Waals surface area contributed by atoms with Crippen LogP contribution in [0.3, 0.4) is 0 Å². The maximum Gasteiger partial charge on any atom is 0.349 e. The fourth-order valence-corrected chi connectivity index (χ4v) is 2.24. The number of carbonyl (C=O) groups is 1. The van der Waals surface area contributed by atoms with Gasteiger partial charge in [-0.25, -0.2) is 4.79 Å².